The van der Waals surface area contributed by atoms with Gasteiger partial charge in [-0.2, -0.15) is 11.3 Å². The van der Waals surface area contributed by atoms with E-state index < -0.39 is 5.54 Å². The van der Waals surface area contributed by atoms with E-state index in [2.05, 4.69) is 42.9 Å². The first kappa shape index (κ1) is 15.5. The van der Waals surface area contributed by atoms with Crippen LogP contribution in [-0.4, -0.2) is 22.9 Å². The summed E-state index contributed by atoms with van der Waals surface area (Å²) >= 11 is 1.69. The third-order valence-electron chi connectivity index (χ3n) is 4.25. The van der Waals surface area contributed by atoms with Crippen LogP contribution in [0.15, 0.2) is 16.8 Å². The van der Waals surface area contributed by atoms with Gasteiger partial charge in [-0.25, -0.2) is 0 Å². The number of hydrogen-bond acceptors (Lipinski definition) is 3. The molecular weight excluding hydrogens is 268 g/mol. The predicted octanol–water partition coefficient (Wildman–Crippen LogP) is 3.78. The first-order valence-electron chi connectivity index (χ1n) is 7.59. The first-order valence-corrected chi connectivity index (χ1v) is 8.53. The van der Waals surface area contributed by atoms with Crippen molar-refractivity contribution in [2.24, 2.45) is 5.92 Å². The van der Waals surface area contributed by atoms with Crippen molar-refractivity contribution in [1.29, 1.82) is 0 Å². The number of thiophene rings is 1. The van der Waals surface area contributed by atoms with E-state index in [0.29, 0.717) is 5.92 Å². The highest BCUT2D eigenvalue weighted by Crippen LogP contribution is 2.33. The Bertz CT molecular complexity index is 443. The van der Waals surface area contributed by atoms with E-state index in [9.17, 15) is 4.79 Å². The van der Waals surface area contributed by atoms with Crippen molar-refractivity contribution in [2.75, 3.05) is 6.54 Å². The van der Waals surface area contributed by atoms with Crippen LogP contribution in [0.2, 0.25) is 0 Å². The molecule has 1 fully saturated rings. The molecule has 1 aliphatic heterocycles. The number of amides is 1. The summed E-state index contributed by atoms with van der Waals surface area (Å²) in [6, 6.07) is 2.12. The van der Waals surface area contributed by atoms with Gasteiger partial charge in [0.1, 0.15) is 6.17 Å². The van der Waals surface area contributed by atoms with Crippen molar-refractivity contribution in [2.45, 2.75) is 58.7 Å². The lowest BCUT2D eigenvalue weighted by Gasteiger charge is -2.24. The first-order chi connectivity index (χ1) is 9.48. The van der Waals surface area contributed by atoms with Gasteiger partial charge in [-0.3, -0.25) is 10.1 Å². The Hall–Kier alpha value is -0.870. The second-order valence-corrected chi connectivity index (χ2v) is 7.10. The van der Waals surface area contributed by atoms with Crippen LogP contribution in [0.1, 0.15) is 58.7 Å². The van der Waals surface area contributed by atoms with Gasteiger partial charge in [0.05, 0.1) is 5.54 Å². The second kappa shape index (κ2) is 6.27. The fourth-order valence-electron chi connectivity index (χ4n) is 2.72. The zero-order valence-corrected chi connectivity index (χ0v) is 13.8. The lowest BCUT2D eigenvalue weighted by atomic mass is 9.99. The number of rotatable bonds is 6. The highest BCUT2D eigenvalue weighted by atomic mass is 32.1. The van der Waals surface area contributed by atoms with Crippen LogP contribution in [0.25, 0.3) is 0 Å². The Morgan fingerprint density at radius 2 is 2.25 bits per heavy atom. The van der Waals surface area contributed by atoms with Crippen LogP contribution >= 0.6 is 11.3 Å². The molecule has 0 aromatic carbocycles. The summed E-state index contributed by atoms with van der Waals surface area (Å²) in [5, 5.41) is 7.76. The summed E-state index contributed by atoms with van der Waals surface area (Å²) in [5.41, 5.74) is 0.801. The minimum Gasteiger partial charge on any atom is -0.321 e. The lowest BCUT2D eigenvalue weighted by Crippen LogP contribution is -2.43. The summed E-state index contributed by atoms with van der Waals surface area (Å²) < 4.78 is 0. The maximum Gasteiger partial charge on any atom is 0.244 e. The molecule has 20 heavy (non-hydrogen) atoms. The molecule has 2 unspecified atom stereocenters. The molecular formula is C16H26N2OS. The molecule has 2 atom stereocenters. The number of carbonyl (C=O) groups is 1. The van der Waals surface area contributed by atoms with Gasteiger partial charge in [-0.15, -0.1) is 0 Å². The molecule has 0 spiro atoms. The van der Waals surface area contributed by atoms with Crippen LogP contribution in [0.4, 0.5) is 0 Å². The molecule has 1 aromatic rings. The quantitative estimate of drug-likeness (QED) is 0.866. The molecule has 0 saturated carbocycles. The van der Waals surface area contributed by atoms with Crippen molar-refractivity contribution in [3.05, 3.63) is 22.4 Å². The average molecular weight is 294 g/mol. The smallest absolute Gasteiger partial charge is 0.244 e. The molecule has 0 bridgehead atoms. The largest absolute Gasteiger partial charge is 0.321 e. The molecule has 2 rings (SSSR count). The Balaban J connectivity index is 2.13. The number of nitrogens with zero attached hydrogens (tertiary/aromatic N) is 1. The number of carbonyl (C=O) groups excluding carboxylic acids is 1. The van der Waals surface area contributed by atoms with Gasteiger partial charge in [-0.05, 0) is 54.5 Å². The molecule has 1 aliphatic rings. The zero-order valence-electron chi connectivity index (χ0n) is 13.0. The van der Waals surface area contributed by atoms with Crippen molar-refractivity contribution in [1.82, 2.24) is 10.2 Å². The second-order valence-electron chi connectivity index (χ2n) is 6.32. The SMILES string of the molecule is CCC1(C)NC(c2ccsc2)N(CCCC(C)C)C1=O. The van der Waals surface area contributed by atoms with Gasteiger partial charge in [0.2, 0.25) is 5.91 Å². The highest BCUT2D eigenvalue weighted by molar-refractivity contribution is 7.07. The molecule has 112 valence electrons. The van der Waals surface area contributed by atoms with Crippen molar-refractivity contribution < 1.29 is 4.79 Å². The summed E-state index contributed by atoms with van der Waals surface area (Å²) in [5.74, 6) is 0.942. The molecule has 0 aliphatic carbocycles. The Labute approximate surface area is 126 Å². The fourth-order valence-corrected chi connectivity index (χ4v) is 3.40. The van der Waals surface area contributed by atoms with Gasteiger partial charge in [0.15, 0.2) is 0 Å². The van der Waals surface area contributed by atoms with Gasteiger partial charge in [0, 0.05) is 6.54 Å². The van der Waals surface area contributed by atoms with Gasteiger partial charge in [-0.1, -0.05) is 20.8 Å². The van der Waals surface area contributed by atoms with Crippen LogP contribution < -0.4 is 5.32 Å². The molecule has 1 aromatic heterocycles. The molecule has 2 heterocycles. The van der Waals surface area contributed by atoms with Crippen LogP contribution in [0.3, 0.4) is 0 Å². The van der Waals surface area contributed by atoms with Crippen molar-refractivity contribution in [3.63, 3.8) is 0 Å². The van der Waals surface area contributed by atoms with E-state index in [1.807, 2.05) is 11.8 Å². The number of nitrogens with one attached hydrogen (secondary N) is 1. The van der Waals surface area contributed by atoms with Crippen molar-refractivity contribution in [3.8, 4) is 0 Å². The van der Waals surface area contributed by atoms with E-state index in [-0.39, 0.29) is 12.1 Å². The standard InChI is InChI=1S/C16H26N2OS/c1-5-16(4)15(19)18(9-6-7-12(2)3)14(17-16)13-8-10-20-11-13/h8,10-12,14,17H,5-7,9H2,1-4H3. The summed E-state index contributed by atoms with van der Waals surface area (Å²) in [4.78, 5) is 14.7. The minimum atomic E-state index is -0.412. The molecule has 1 N–H and O–H groups in total. The zero-order chi connectivity index (χ0) is 14.8. The van der Waals surface area contributed by atoms with E-state index in [1.54, 1.807) is 11.3 Å². The van der Waals surface area contributed by atoms with Crippen LogP contribution in [-0.2, 0) is 4.79 Å². The average Bonchev–Trinajstić information content (AvgIpc) is 3.00. The normalized spacial score (nSPS) is 26.8. The maximum atomic E-state index is 12.7. The summed E-state index contributed by atoms with van der Waals surface area (Å²) in [6.07, 6.45) is 3.12. The highest BCUT2D eigenvalue weighted by Gasteiger charge is 2.46. The maximum absolute atomic E-state index is 12.7. The van der Waals surface area contributed by atoms with Crippen molar-refractivity contribution >= 4 is 17.2 Å². The Kier molecular flexibility index (Phi) is 4.86. The third-order valence-corrected chi connectivity index (χ3v) is 4.95. The van der Waals surface area contributed by atoms with Crippen LogP contribution in [0.5, 0.6) is 0 Å². The topological polar surface area (TPSA) is 32.3 Å². The monoisotopic (exact) mass is 294 g/mol. The van der Waals surface area contributed by atoms with Gasteiger partial charge >= 0.3 is 0 Å². The molecule has 1 amide bonds. The van der Waals surface area contributed by atoms with Crippen LogP contribution in [0, 0.1) is 5.92 Å². The fraction of sp³-hybridized carbons (Fsp3) is 0.688. The Morgan fingerprint density at radius 1 is 1.50 bits per heavy atom. The summed E-state index contributed by atoms with van der Waals surface area (Å²) in [7, 11) is 0. The van der Waals surface area contributed by atoms with E-state index in [0.717, 1.165) is 19.4 Å². The Morgan fingerprint density at radius 3 is 2.80 bits per heavy atom. The van der Waals surface area contributed by atoms with E-state index in [1.165, 1.54) is 12.0 Å². The van der Waals surface area contributed by atoms with E-state index in [4.69, 9.17) is 0 Å². The molecule has 0 radical (unpaired) electrons. The van der Waals surface area contributed by atoms with E-state index >= 15 is 0 Å². The molecule has 1 saturated heterocycles. The molecule has 4 heteroatoms. The predicted molar refractivity (Wildman–Crippen MR) is 84.7 cm³/mol. The third kappa shape index (κ3) is 3.07. The van der Waals surface area contributed by atoms with Gasteiger partial charge in [0.25, 0.3) is 0 Å². The summed E-state index contributed by atoms with van der Waals surface area (Å²) in [6.45, 7) is 9.41. The lowest BCUT2D eigenvalue weighted by molar-refractivity contribution is -0.133. The number of hydrogen-bond donors (Lipinski definition) is 1. The molecule has 3 nitrogen and oxygen atoms in total. The minimum absolute atomic E-state index is 0.0471. The van der Waals surface area contributed by atoms with Gasteiger partial charge < -0.3 is 4.90 Å².